The number of carbonyl (C=O) groups is 1. The summed E-state index contributed by atoms with van der Waals surface area (Å²) < 4.78 is 11.0. The summed E-state index contributed by atoms with van der Waals surface area (Å²) in [5, 5.41) is 3.90. The number of anilines is 1. The van der Waals surface area contributed by atoms with Gasteiger partial charge >= 0.3 is 0 Å². The molecule has 1 amide bonds. The molecule has 0 unspecified atom stereocenters. The lowest BCUT2D eigenvalue weighted by Gasteiger charge is -2.31. The quantitative estimate of drug-likeness (QED) is 0.835. The van der Waals surface area contributed by atoms with Crippen LogP contribution in [0.2, 0.25) is 5.02 Å². The molecule has 0 bridgehead atoms. The van der Waals surface area contributed by atoms with Gasteiger partial charge in [-0.2, -0.15) is 4.98 Å². The van der Waals surface area contributed by atoms with Crippen LogP contribution in [0.3, 0.4) is 0 Å². The first-order chi connectivity index (χ1) is 12.6. The highest BCUT2D eigenvalue weighted by atomic mass is 35.5. The number of nitrogens with one attached hydrogen (secondary N) is 1. The normalized spacial score (nSPS) is 19.7. The van der Waals surface area contributed by atoms with E-state index in [1.165, 1.54) is 0 Å². The molecule has 1 saturated carbocycles. The van der Waals surface area contributed by atoms with Crippen molar-refractivity contribution in [1.29, 1.82) is 0 Å². The summed E-state index contributed by atoms with van der Waals surface area (Å²) in [6.07, 6.45) is 4.65. The highest BCUT2D eigenvalue weighted by Gasteiger charge is 2.44. The first kappa shape index (κ1) is 17.6. The lowest BCUT2D eigenvalue weighted by Crippen LogP contribution is -2.45. The second kappa shape index (κ2) is 7.08. The maximum atomic E-state index is 12.6. The first-order valence-electron chi connectivity index (χ1n) is 9.21. The minimum absolute atomic E-state index is 0.0101. The Bertz CT molecular complexity index is 794. The Morgan fingerprint density at radius 1 is 1.42 bits per heavy atom. The summed E-state index contributed by atoms with van der Waals surface area (Å²) in [6.45, 7) is 2.23. The van der Waals surface area contributed by atoms with Crippen molar-refractivity contribution in [3.63, 3.8) is 0 Å². The lowest BCUT2D eigenvalue weighted by molar-refractivity contribution is -0.126. The van der Waals surface area contributed by atoms with Crippen LogP contribution in [0.25, 0.3) is 11.1 Å². The fourth-order valence-corrected chi connectivity index (χ4v) is 3.77. The molecule has 140 valence electrons. The zero-order valence-corrected chi connectivity index (χ0v) is 15.7. The monoisotopic (exact) mass is 377 g/mol. The van der Waals surface area contributed by atoms with Gasteiger partial charge in [-0.05, 0) is 44.2 Å². The van der Waals surface area contributed by atoms with Gasteiger partial charge in [-0.15, -0.1) is 0 Å². The topological polar surface area (TPSA) is 67.6 Å². The van der Waals surface area contributed by atoms with E-state index < -0.39 is 0 Å². The fraction of sp³-hybridized carbons (Fsp3) is 0.579. The van der Waals surface area contributed by atoms with Gasteiger partial charge in [0, 0.05) is 49.4 Å². The fourth-order valence-electron chi connectivity index (χ4n) is 3.60. The minimum Gasteiger partial charge on any atom is -0.423 e. The number of hydrogen-bond acceptors (Lipinski definition) is 5. The molecule has 4 rings (SSSR count). The Hall–Kier alpha value is -1.79. The van der Waals surface area contributed by atoms with E-state index in [2.05, 4.69) is 15.2 Å². The second-order valence-corrected chi connectivity index (χ2v) is 7.82. The van der Waals surface area contributed by atoms with Crippen molar-refractivity contribution in [1.82, 2.24) is 10.3 Å². The molecular formula is C19H24ClN3O3. The van der Waals surface area contributed by atoms with Crippen molar-refractivity contribution in [3.8, 4) is 0 Å². The standard InChI is InChI=1S/C19H24ClN3O3/c1-25-11-8-19(6-7-19)22-17(24)13-4-9-23(10-5-13)18-21-15-3-2-14(20)12-16(15)26-18/h2-3,12-13H,4-11H2,1H3,(H,22,24). The summed E-state index contributed by atoms with van der Waals surface area (Å²) in [5.74, 6) is 0.243. The minimum atomic E-state index is -0.0101. The van der Waals surface area contributed by atoms with Gasteiger partial charge in [0.05, 0.1) is 0 Å². The average Bonchev–Trinajstić information content (AvgIpc) is 3.28. The van der Waals surface area contributed by atoms with Crippen LogP contribution in [0.4, 0.5) is 6.01 Å². The van der Waals surface area contributed by atoms with Crippen LogP contribution in [0.15, 0.2) is 22.6 Å². The largest absolute Gasteiger partial charge is 0.423 e. The second-order valence-electron chi connectivity index (χ2n) is 7.38. The highest BCUT2D eigenvalue weighted by Crippen LogP contribution is 2.39. The van der Waals surface area contributed by atoms with Crippen molar-refractivity contribution in [2.45, 2.75) is 37.6 Å². The summed E-state index contributed by atoms with van der Waals surface area (Å²) in [7, 11) is 1.70. The molecular weight excluding hydrogens is 354 g/mol. The van der Waals surface area contributed by atoms with Gasteiger partial charge < -0.3 is 19.4 Å². The Kier molecular flexibility index (Phi) is 4.80. The zero-order valence-electron chi connectivity index (χ0n) is 15.0. The average molecular weight is 378 g/mol. The van der Waals surface area contributed by atoms with Crippen LogP contribution < -0.4 is 10.2 Å². The Labute approximate surface area is 157 Å². The Balaban J connectivity index is 1.34. The van der Waals surface area contributed by atoms with E-state index in [-0.39, 0.29) is 17.4 Å². The van der Waals surface area contributed by atoms with Crippen LogP contribution >= 0.6 is 11.6 Å². The number of aromatic nitrogens is 1. The third-order valence-corrected chi connectivity index (χ3v) is 5.74. The van der Waals surface area contributed by atoms with E-state index in [4.69, 9.17) is 20.8 Å². The van der Waals surface area contributed by atoms with E-state index in [1.807, 2.05) is 12.1 Å². The number of benzene rings is 1. The van der Waals surface area contributed by atoms with Crippen LogP contribution in [0.1, 0.15) is 32.1 Å². The van der Waals surface area contributed by atoms with Crippen molar-refractivity contribution in [2.75, 3.05) is 31.7 Å². The van der Waals surface area contributed by atoms with E-state index in [9.17, 15) is 4.79 Å². The number of piperidine rings is 1. The molecule has 1 aromatic carbocycles. The highest BCUT2D eigenvalue weighted by molar-refractivity contribution is 6.31. The molecule has 1 aliphatic carbocycles. The number of halogens is 1. The molecule has 2 heterocycles. The van der Waals surface area contributed by atoms with Crippen LogP contribution in [0, 0.1) is 5.92 Å². The Morgan fingerprint density at radius 3 is 2.88 bits per heavy atom. The van der Waals surface area contributed by atoms with Gasteiger partial charge in [-0.3, -0.25) is 4.79 Å². The number of carbonyl (C=O) groups excluding carboxylic acids is 1. The molecule has 7 heteroatoms. The number of amides is 1. The molecule has 0 spiro atoms. The van der Waals surface area contributed by atoms with E-state index in [0.29, 0.717) is 23.2 Å². The molecule has 2 aromatic rings. The van der Waals surface area contributed by atoms with Gasteiger partial charge in [0.25, 0.3) is 6.01 Å². The number of hydrogen-bond donors (Lipinski definition) is 1. The summed E-state index contributed by atoms with van der Waals surface area (Å²) in [5.41, 5.74) is 1.49. The third kappa shape index (κ3) is 3.67. The molecule has 1 N–H and O–H groups in total. The molecule has 1 saturated heterocycles. The van der Waals surface area contributed by atoms with E-state index in [1.54, 1.807) is 13.2 Å². The molecule has 2 fully saturated rings. The van der Waals surface area contributed by atoms with Crippen LogP contribution in [-0.4, -0.2) is 43.2 Å². The van der Waals surface area contributed by atoms with Crippen molar-refractivity contribution >= 4 is 34.6 Å². The molecule has 1 aliphatic heterocycles. The number of oxazole rings is 1. The van der Waals surface area contributed by atoms with Crippen molar-refractivity contribution < 1.29 is 13.9 Å². The summed E-state index contributed by atoms with van der Waals surface area (Å²) in [4.78, 5) is 19.3. The summed E-state index contributed by atoms with van der Waals surface area (Å²) in [6, 6.07) is 6.06. The van der Waals surface area contributed by atoms with Gasteiger partial charge in [0.2, 0.25) is 5.91 Å². The number of methoxy groups -OCH3 is 1. The predicted molar refractivity (Wildman–Crippen MR) is 101 cm³/mol. The van der Waals surface area contributed by atoms with Gasteiger partial charge in [-0.1, -0.05) is 11.6 Å². The molecule has 0 radical (unpaired) electrons. The van der Waals surface area contributed by atoms with Crippen LogP contribution in [0.5, 0.6) is 0 Å². The van der Waals surface area contributed by atoms with Gasteiger partial charge in [-0.25, -0.2) is 0 Å². The predicted octanol–water partition coefficient (Wildman–Crippen LogP) is 3.38. The SMILES string of the molecule is COCCC1(NC(=O)C2CCN(c3nc4ccc(Cl)cc4o3)CC2)CC1. The number of fused-ring (bicyclic) bond motifs is 1. The van der Waals surface area contributed by atoms with E-state index in [0.717, 1.165) is 50.7 Å². The van der Waals surface area contributed by atoms with Crippen LogP contribution in [-0.2, 0) is 9.53 Å². The third-order valence-electron chi connectivity index (χ3n) is 5.50. The molecule has 2 aliphatic rings. The van der Waals surface area contributed by atoms with Crippen molar-refractivity contribution in [2.24, 2.45) is 5.92 Å². The Morgan fingerprint density at radius 2 is 2.19 bits per heavy atom. The molecule has 26 heavy (non-hydrogen) atoms. The number of nitrogens with zero attached hydrogens (tertiary/aromatic N) is 2. The molecule has 6 nitrogen and oxygen atoms in total. The van der Waals surface area contributed by atoms with Gasteiger partial charge in [0.1, 0.15) is 5.52 Å². The molecule has 0 atom stereocenters. The zero-order chi connectivity index (χ0) is 18.1. The maximum absolute atomic E-state index is 12.6. The number of rotatable bonds is 6. The smallest absolute Gasteiger partial charge is 0.298 e. The van der Waals surface area contributed by atoms with E-state index >= 15 is 0 Å². The summed E-state index contributed by atoms with van der Waals surface area (Å²) >= 11 is 6.00. The molecule has 1 aromatic heterocycles. The number of ether oxygens (including phenoxy) is 1. The van der Waals surface area contributed by atoms with Crippen molar-refractivity contribution in [3.05, 3.63) is 23.2 Å². The maximum Gasteiger partial charge on any atom is 0.298 e. The lowest BCUT2D eigenvalue weighted by atomic mass is 9.95. The first-order valence-corrected chi connectivity index (χ1v) is 9.58. The van der Waals surface area contributed by atoms with Gasteiger partial charge in [0.15, 0.2) is 5.58 Å².